The monoisotopic (exact) mass is 389 g/mol. The molecule has 8 heteroatoms. The van der Waals surface area contributed by atoms with Gasteiger partial charge in [-0.1, -0.05) is 26.8 Å². The lowest BCUT2D eigenvalue weighted by molar-refractivity contribution is 0.0532. The SMILES string of the molecule is CCNS(=O)(=O)c1ccc(C)c(C(=O)N2CCC(N)C(C)(C)C2)c1.Cl. The van der Waals surface area contributed by atoms with Crippen molar-refractivity contribution in [3.8, 4) is 0 Å². The summed E-state index contributed by atoms with van der Waals surface area (Å²) in [5, 5.41) is 0. The van der Waals surface area contributed by atoms with Gasteiger partial charge in [-0.25, -0.2) is 13.1 Å². The molecule has 3 N–H and O–H groups in total. The van der Waals surface area contributed by atoms with E-state index in [2.05, 4.69) is 18.6 Å². The van der Waals surface area contributed by atoms with Gasteiger partial charge in [-0.15, -0.1) is 12.4 Å². The smallest absolute Gasteiger partial charge is 0.254 e. The van der Waals surface area contributed by atoms with Crippen LogP contribution in [0.5, 0.6) is 0 Å². The van der Waals surface area contributed by atoms with E-state index in [1.165, 1.54) is 12.1 Å². The minimum atomic E-state index is -3.59. The molecule has 6 nitrogen and oxygen atoms in total. The Bertz CT molecular complexity index is 735. The van der Waals surface area contributed by atoms with Crippen molar-refractivity contribution in [1.29, 1.82) is 0 Å². The highest BCUT2D eigenvalue weighted by Gasteiger charge is 2.36. The lowest BCUT2D eigenvalue weighted by atomic mass is 9.79. The van der Waals surface area contributed by atoms with Crippen molar-refractivity contribution < 1.29 is 13.2 Å². The minimum Gasteiger partial charge on any atom is -0.338 e. The zero-order valence-corrected chi connectivity index (χ0v) is 16.8. The molecule has 0 aromatic heterocycles. The molecule has 1 aliphatic heterocycles. The van der Waals surface area contributed by atoms with Gasteiger partial charge in [0.1, 0.15) is 0 Å². The first-order valence-electron chi connectivity index (χ1n) is 8.23. The number of rotatable bonds is 4. The predicted octanol–water partition coefficient (Wildman–Crippen LogP) is 1.91. The summed E-state index contributed by atoms with van der Waals surface area (Å²) in [6, 6.07) is 4.73. The van der Waals surface area contributed by atoms with Crippen LogP contribution in [0.1, 0.15) is 43.1 Å². The molecule has 2 rings (SSSR count). The first-order valence-corrected chi connectivity index (χ1v) is 9.72. The first-order chi connectivity index (χ1) is 11.1. The Morgan fingerprint density at radius 3 is 2.60 bits per heavy atom. The molecule has 1 fully saturated rings. The molecule has 0 radical (unpaired) electrons. The summed E-state index contributed by atoms with van der Waals surface area (Å²) in [4.78, 5) is 14.8. The molecule has 0 aliphatic carbocycles. The molecular formula is C17H28ClN3O3S. The van der Waals surface area contributed by atoms with Crippen molar-refractivity contribution in [3.05, 3.63) is 29.3 Å². The Morgan fingerprint density at radius 1 is 1.40 bits per heavy atom. The van der Waals surface area contributed by atoms with E-state index in [1.807, 2.05) is 6.92 Å². The number of carbonyl (C=O) groups is 1. The Hall–Kier alpha value is -1.15. The van der Waals surface area contributed by atoms with Gasteiger partial charge in [0.15, 0.2) is 0 Å². The van der Waals surface area contributed by atoms with Crippen LogP contribution < -0.4 is 10.5 Å². The van der Waals surface area contributed by atoms with E-state index >= 15 is 0 Å². The van der Waals surface area contributed by atoms with Crippen molar-refractivity contribution in [3.63, 3.8) is 0 Å². The van der Waals surface area contributed by atoms with Crippen molar-refractivity contribution in [1.82, 2.24) is 9.62 Å². The minimum absolute atomic E-state index is 0. The van der Waals surface area contributed by atoms with Gasteiger partial charge >= 0.3 is 0 Å². The van der Waals surface area contributed by atoms with Crippen molar-refractivity contribution in [2.24, 2.45) is 11.1 Å². The quantitative estimate of drug-likeness (QED) is 0.822. The largest absolute Gasteiger partial charge is 0.338 e. The van der Waals surface area contributed by atoms with Crippen LogP contribution in [-0.4, -0.2) is 44.9 Å². The molecule has 1 aliphatic rings. The van der Waals surface area contributed by atoms with Crippen LogP contribution in [0.25, 0.3) is 0 Å². The molecule has 0 spiro atoms. The second-order valence-corrected chi connectivity index (χ2v) is 8.86. The average Bonchev–Trinajstić information content (AvgIpc) is 2.49. The second-order valence-electron chi connectivity index (χ2n) is 7.09. The number of nitrogens with two attached hydrogens (primary N) is 1. The van der Waals surface area contributed by atoms with E-state index in [-0.39, 0.29) is 34.7 Å². The lowest BCUT2D eigenvalue weighted by Crippen LogP contribution is -2.54. The molecule has 25 heavy (non-hydrogen) atoms. The standard InChI is InChI=1S/C17H27N3O3S.ClH/c1-5-19-24(22,23)13-7-6-12(2)14(10-13)16(21)20-9-8-15(18)17(3,4)11-20;/h6-7,10,15,19H,5,8-9,11,18H2,1-4H3;1H. The number of likely N-dealkylation sites (tertiary alicyclic amines) is 1. The van der Waals surface area contributed by atoms with Crippen LogP contribution in [-0.2, 0) is 10.0 Å². The first kappa shape index (κ1) is 21.9. The van der Waals surface area contributed by atoms with Gasteiger partial charge in [-0.2, -0.15) is 0 Å². The van der Waals surface area contributed by atoms with Gasteiger partial charge in [-0.05, 0) is 36.5 Å². The zero-order valence-electron chi connectivity index (χ0n) is 15.2. The summed E-state index contributed by atoms with van der Waals surface area (Å²) in [5.41, 5.74) is 7.17. The van der Waals surface area contributed by atoms with E-state index in [9.17, 15) is 13.2 Å². The third-order valence-electron chi connectivity index (χ3n) is 4.68. The zero-order chi connectivity index (χ0) is 18.1. The number of halogens is 1. The number of nitrogens with one attached hydrogen (secondary N) is 1. The van der Waals surface area contributed by atoms with Crippen LogP contribution in [0.15, 0.2) is 23.1 Å². The molecule has 0 saturated carbocycles. The topological polar surface area (TPSA) is 92.5 Å². The summed E-state index contributed by atoms with van der Waals surface area (Å²) < 4.78 is 26.8. The van der Waals surface area contributed by atoms with E-state index in [1.54, 1.807) is 17.9 Å². The maximum absolute atomic E-state index is 12.9. The predicted molar refractivity (Wildman–Crippen MR) is 102 cm³/mol. The Kier molecular flexibility index (Phi) is 7.03. The Labute approximate surface area is 156 Å². The van der Waals surface area contributed by atoms with E-state index in [0.717, 1.165) is 12.0 Å². The van der Waals surface area contributed by atoms with Crippen LogP contribution >= 0.6 is 12.4 Å². The van der Waals surface area contributed by atoms with Gasteiger partial charge in [-0.3, -0.25) is 4.79 Å². The highest BCUT2D eigenvalue weighted by Crippen LogP contribution is 2.29. The molecule has 142 valence electrons. The summed E-state index contributed by atoms with van der Waals surface area (Å²) in [6.45, 7) is 9.10. The van der Waals surface area contributed by atoms with Gasteiger partial charge in [0.2, 0.25) is 10.0 Å². The molecule has 1 unspecified atom stereocenters. The lowest BCUT2D eigenvalue weighted by Gasteiger charge is -2.42. The number of hydrogen-bond acceptors (Lipinski definition) is 4. The van der Waals surface area contributed by atoms with Gasteiger partial charge in [0.05, 0.1) is 4.90 Å². The van der Waals surface area contributed by atoms with Crippen LogP contribution in [0.2, 0.25) is 0 Å². The Balaban J connectivity index is 0.00000312. The molecule has 1 atom stereocenters. The second kappa shape index (κ2) is 8.03. The van der Waals surface area contributed by atoms with Crippen LogP contribution in [0, 0.1) is 12.3 Å². The molecule has 0 bridgehead atoms. The third kappa shape index (κ3) is 4.73. The average molecular weight is 390 g/mol. The molecule has 1 heterocycles. The van der Waals surface area contributed by atoms with E-state index in [4.69, 9.17) is 5.73 Å². The van der Waals surface area contributed by atoms with Crippen molar-refractivity contribution >= 4 is 28.3 Å². The number of benzene rings is 1. The number of nitrogens with zero attached hydrogens (tertiary/aromatic N) is 1. The number of aryl methyl sites for hydroxylation is 1. The maximum Gasteiger partial charge on any atom is 0.254 e. The van der Waals surface area contributed by atoms with E-state index in [0.29, 0.717) is 25.2 Å². The van der Waals surface area contributed by atoms with Crippen molar-refractivity contribution in [2.75, 3.05) is 19.6 Å². The number of carbonyl (C=O) groups excluding carboxylic acids is 1. The van der Waals surface area contributed by atoms with Crippen molar-refractivity contribution in [2.45, 2.75) is 45.1 Å². The summed E-state index contributed by atoms with van der Waals surface area (Å²) in [7, 11) is -3.59. The fourth-order valence-electron chi connectivity index (χ4n) is 2.99. The third-order valence-corrected chi connectivity index (χ3v) is 6.23. The maximum atomic E-state index is 12.9. The van der Waals surface area contributed by atoms with Crippen LogP contribution in [0.3, 0.4) is 0 Å². The summed E-state index contributed by atoms with van der Waals surface area (Å²) in [6.07, 6.45) is 0.743. The highest BCUT2D eigenvalue weighted by molar-refractivity contribution is 7.89. The molecule has 1 aromatic rings. The van der Waals surface area contributed by atoms with E-state index < -0.39 is 10.0 Å². The number of piperidine rings is 1. The number of hydrogen-bond donors (Lipinski definition) is 2. The number of amides is 1. The van der Waals surface area contributed by atoms with Gasteiger partial charge in [0.25, 0.3) is 5.91 Å². The molecular weight excluding hydrogens is 362 g/mol. The normalized spacial score (nSPS) is 20.0. The number of sulfonamides is 1. The summed E-state index contributed by atoms with van der Waals surface area (Å²) >= 11 is 0. The molecule has 1 amide bonds. The van der Waals surface area contributed by atoms with Crippen LogP contribution in [0.4, 0.5) is 0 Å². The molecule has 1 aromatic carbocycles. The summed E-state index contributed by atoms with van der Waals surface area (Å²) in [5.74, 6) is -0.138. The fourth-order valence-corrected chi connectivity index (χ4v) is 4.06. The molecule has 1 saturated heterocycles. The highest BCUT2D eigenvalue weighted by atomic mass is 35.5. The fraction of sp³-hybridized carbons (Fsp3) is 0.588. The van der Waals surface area contributed by atoms with Gasteiger partial charge in [0, 0.05) is 31.2 Å². The van der Waals surface area contributed by atoms with Gasteiger partial charge < -0.3 is 10.6 Å². The Morgan fingerprint density at radius 2 is 2.04 bits per heavy atom.